The minimum absolute atomic E-state index is 0.683. The first-order valence-corrected chi connectivity index (χ1v) is 6.63. The fourth-order valence-corrected chi connectivity index (χ4v) is 2.55. The molecule has 2 aromatic carbocycles. The summed E-state index contributed by atoms with van der Waals surface area (Å²) in [6.07, 6.45) is 0. The minimum Gasteiger partial charge on any atom is -0.440 e. The molecule has 0 unspecified atom stereocenters. The van der Waals surface area contributed by atoms with Crippen molar-refractivity contribution in [3.05, 3.63) is 54.4 Å². The zero-order chi connectivity index (χ0) is 12.4. The van der Waals surface area contributed by atoms with Crippen molar-refractivity contribution >= 4 is 28.5 Å². The predicted molar refractivity (Wildman–Crippen MR) is 74.4 cm³/mol. The van der Waals surface area contributed by atoms with E-state index in [1.54, 1.807) is 11.8 Å². The Hall–Kier alpha value is -1.94. The molecule has 4 heteroatoms. The number of aromatic nitrogens is 1. The van der Waals surface area contributed by atoms with Crippen LogP contribution >= 0.6 is 11.8 Å². The number of benzene rings is 2. The van der Waals surface area contributed by atoms with Crippen LogP contribution in [-0.2, 0) is 5.75 Å². The van der Waals surface area contributed by atoms with E-state index >= 15 is 0 Å². The van der Waals surface area contributed by atoms with Gasteiger partial charge in [0.05, 0.1) is 5.75 Å². The Kier molecular flexibility index (Phi) is 2.94. The van der Waals surface area contributed by atoms with Gasteiger partial charge in [0.15, 0.2) is 5.58 Å². The van der Waals surface area contributed by atoms with Crippen molar-refractivity contribution in [2.24, 2.45) is 0 Å². The van der Waals surface area contributed by atoms with Crippen molar-refractivity contribution in [1.82, 2.24) is 4.98 Å². The first-order valence-electron chi connectivity index (χ1n) is 5.65. The molecule has 0 fully saturated rings. The number of oxazole rings is 1. The summed E-state index contributed by atoms with van der Waals surface area (Å²) in [5, 5.41) is 0. The smallest absolute Gasteiger partial charge is 0.205 e. The van der Waals surface area contributed by atoms with Gasteiger partial charge in [-0.2, -0.15) is 0 Å². The molecule has 0 spiro atoms. The molecule has 1 aromatic heterocycles. The molecule has 90 valence electrons. The van der Waals surface area contributed by atoms with Gasteiger partial charge >= 0.3 is 0 Å². The summed E-state index contributed by atoms with van der Waals surface area (Å²) < 4.78 is 5.66. The number of nitrogens with two attached hydrogens (primary N) is 1. The van der Waals surface area contributed by atoms with Crippen LogP contribution in [0.4, 0.5) is 5.69 Å². The van der Waals surface area contributed by atoms with Gasteiger partial charge in [-0.05, 0) is 24.3 Å². The quantitative estimate of drug-likeness (QED) is 0.573. The molecule has 3 nitrogen and oxygen atoms in total. The standard InChI is InChI=1S/C14H12N2OS/c15-10-5-1-4-8-13(10)18-9-14-16-11-6-2-3-7-12(11)17-14/h1-8H,9,15H2. The third kappa shape index (κ3) is 2.19. The first kappa shape index (κ1) is 11.2. The van der Waals surface area contributed by atoms with Gasteiger partial charge < -0.3 is 10.2 Å². The molecule has 0 aliphatic carbocycles. The molecular formula is C14H12N2OS. The molecule has 0 atom stereocenters. The Bertz CT molecular complexity index is 645. The van der Waals surface area contributed by atoms with Crippen molar-refractivity contribution in [3.8, 4) is 0 Å². The van der Waals surface area contributed by atoms with Crippen LogP contribution < -0.4 is 5.73 Å². The summed E-state index contributed by atoms with van der Waals surface area (Å²) in [5.74, 6) is 1.41. The van der Waals surface area contributed by atoms with Gasteiger partial charge in [-0.25, -0.2) is 4.98 Å². The normalized spacial score (nSPS) is 10.9. The largest absolute Gasteiger partial charge is 0.440 e. The van der Waals surface area contributed by atoms with Crippen LogP contribution in [0.3, 0.4) is 0 Å². The molecule has 0 bridgehead atoms. The zero-order valence-corrected chi connectivity index (χ0v) is 10.5. The minimum atomic E-state index is 0.683. The van der Waals surface area contributed by atoms with Crippen LogP contribution in [0.2, 0.25) is 0 Å². The lowest BCUT2D eigenvalue weighted by Gasteiger charge is -2.02. The van der Waals surface area contributed by atoms with E-state index in [2.05, 4.69) is 4.98 Å². The molecule has 0 amide bonds. The SMILES string of the molecule is Nc1ccccc1SCc1nc2ccccc2o1. The number of hydrogen-bond donors (Lipinski definition) is 1. The second-order valence-electron chi connectivity index (χ2n) is 3.90. The summed E-state index contributed by atoms with van der Waals surface area (Å²) >= 11 is 1.63. The predicted octanol–water partition coefficient (Wildman–Crippen LogP) is 3.70. The van der Waals surface area contributed by atoms with E-state index in [0.29, 0.717) is 5.75 Å². The van der Waals surface area contributed by atoms with Crippen molar-refractivity contribution < 1.29 is 4.42 Å². The molecule has 0 radical (unpaired) electrons. The molecule has 1 heterocycles. The summed E-state index contributed by atoms with van der Waals surface area (Å²) in [7, 11) is 0. The third-order valence-corrected chi connectivity index (χ3v) is 3.68. The molecule has 3 aromatic rings. The van der Waals surface area contributed by atoms with Crippen LogP contribution in [0.1, 0.15) is 5.89 Å². The Labute approximate surface area is 109 Å². The van der Waals surface area contributed by atoms with Gasteiger partial charge in [0.2, 0.25) is 5.89 Å². The molecule has 0 aliphatic heterocycles. The number of hydrogen-bond acceptors (Lipinski definition) is 4. The highest BCUT2D eigenvalue weighted by atomic mass is 32.2. The van der Waals surface area contributed by atoms with E-state index in [1.165, 1.54) is 0 Å². The van der Waals surface area contributed by atoms with Gasteiger partial charge in [0.1, 0.15) is 5.52 Å². The van der Waals surface area contributed by atoms with E-state index in [4.69, 9.17) is 10.2 Å². The topological polar surface area (TPSA) is 52.0 Å². The molecular weight excluding hydrogens is 244 g/mol. The highest BCUT2D eigenvalue weighted by Crippen LogP contribution is 2.28. The Morgan fingerprint density at radius 1 is 1.06 bits per heavy atom. The number of thioether (sulfide) groups is 1. The van der Waals surface area contributed by atoms with E-state index < -0.39 is 0 Å². The van der Waals surface area contributed by atoms with Gasteiger partial charge in [-0.15, -0.1) is 11.8 Å². The van der Waals surface area contributed by atoms with Crippen molar-refractivity contribution in [2.75, 3.05) is 5.73 Å². The van der Waals surface area contributed by atoms with Gasteiger partial charge in [-0.3, -0.25) is 0 Å². The van der Waals surface area contributed by atoms with Crippen LogP contribution in [0.15, 0.2) is 57.8 Å². The van der Waals surface area contributed by atoms with Gasteiger partial charge in [0.25, 0.3) is 0 Å². The zero-order valence-electron chi connectivity index (χ0n) is 9.67. The van der Waals surface area contributed by atoms with Crippen molar-refractivity contribution in [2.45, 2.75) is 10.6 Å². The summed E-state index contributed by atoms with van der Waals surface area (Å²) in [5.41, 5.74) is 8.40. The third-order valence-electron chi connectivity index (χ3n) is 2.61. The van der Waals surface area contributed by atoms with E-state index in [0.717, 1.165) is 27.6 Å². The maximum absolute atomic E-state index is 5.89. The monoisotopic (exact) mass is 256 g/mol. The van der Waals surface area contributed by atoms with Gasteiger partial charge in [0, 0.05) is 10.6 Å². The Morgan fingerprint density at radius 3 is 2.67 bits per heavy atom. The molecule has 18 heavy (non-hydrogen) atoms. The molecule has 0 saturated carbocycles. The Morgan fingerprint density at radius 2 is 1.83 bits per heavy atom. The number of nitrogen functional groups attached to an aromatic ring is 1. The highest BCUT2D eigenvalue weighted by molar-refractivity contribution is 7.98. The van der Waals surface area contributed by atoms with Gasteiger partial charge in [-0.1, -0.05) is 24.3 Å². The lowest BCUT2D eigenvalue weighted by Crippen LogP contribution is -1.88. The van der Waals surface area contributed by atoms with Crippen LogP contribution in [0, 0.1) is 0 Å². The molecule has 2 N–H and O–H groups in total. The Balaban J connectivity index is 1.79. The fourth-order valence-electron chi connectivity index (χ4n) is 1.73. The average molecular weight is 256 g/mol. The maximum Gasteiger partial charge on any atom is 0.205 e. The second kappa shape index (κ2) is 4.74. The van der Waals surface area contributed by atoms with Crippen LogP contribution in [-0.4, -0.2) is 4.98 Å². The lowest BCUT2D eigenvalue weighted by atomic mass is 10.3. The summed E-state index contributed by atoms with van der Waals surface area (Å²) in [4.78, 5) is 5.48. The fraction of sp³-hybridized carbons (Fsp3) is 0.0714. The highest BCUT2D eigenvalue weighted by Gasteiger charge is 2.06. The number of fused-ring (bicyclic) bond motifs is 1. The number of rotatable bonds is 3. The van der Waals surface area contributed by atoms with E-state index in [1.807, 2.05) is 48.5 Å². The average Bonchev–Trinajstić information content (AvgIpc) is 2.80. The maximum atomic E-state index is 5.89. The second-order valence-corrected chi connectivity index (χ2v) is 4.92. The summed E-state index contributed by atoms with van der Waals surface area (Å²) in [6.45, 7) is 0. The van der Waals surface area contributed by atoms with Crippen LogP contribution in [0.25, 0.3) is 11.1 Å². The van der Waals surface area contributed by atoms with Crippen molar-refractivity contribution in [1.29, 1.82) is 0 Å². The molecule has 0 saturated heterocycles. The molecule has 3 rings (SSSR count). The van der Waals surface area contributed by atoms with E-state index in [9.17, 15) is 0 Å². The number of anilines is 1. The lowest BCUT2D eigenvalue weighted by molar-refractivity contribution is 0.556. The summed E-state index contributed by atoms with van der Waals surface area (Å²) in [6, 6.07) is 15.6. The van der Waals surface area contributed by atoms with E-state index in [-0.39, 0.29) is 0 Å². The van der Waals surface area contributed by atoms with Crippen molar-refractivity contribution in [3.63, 3.8) is 0 Å². The molecule has 0 aliphatic rings. The number of nitrogens with zero attached hydrogens (tertiary/aromatic N) is 1. The van der Waals surface area contributed by atoms with Crippen LogP contribution in [0.5, 0.6) is 0 Å². The first-order chi connectivity index (χ1) is 8.83. The number of para-hydroxylation sites is 3.